The van der Waals surface area contributed by atoms with Crippen LogP contribution in [-0.4, -0.2) is 32.8 Å². The van der Waals surface area contributed by atoms with Gasteiger partial charge in [-0.3, -0.25) is 0 Å². The highest BCUT2D eigenvalue weighted by atomic mass is 16.5. The van der Waals surface area contributed by atoms with Crippen LogP contribution in [0.2, 0.25) is 0 Å². The molecule has 1 N–H and O–H groups in total. The van der Waals surface area contributed by atoms with Crippen molar-refractivity contribution in [3.63, 3.8) is 0 Å². The number of benzene rings is 1. The summed E-state index contributed by atoms with van der Waals surface area (Å²) in [4.78, 5) is 0. The number of methoxy groups -OCH3 is 1. The molecule has 0 saturated heterocycles. The second kappa shape index (κ2) is 4.78. The van der Waals surface area contributed by atoms with E-state index in [1.807, 2.05) is 24.3 Å². The maximum absolute atomic E-state index is 9.87. The third-order valence-electron chi connectivity index (χ3n) is 2.53. The molecule has 0 aliphatic heterocycles. The van der Waals surface area contributed by atoms with Crippen LogP contribution in [0.4, 0.5) is 0 Å². The van der Waals surface area contributed by atoms with Gasteiger partial charge in [0.2, 0.25) is 0 Å². The molecule has 0 unspecified atom stereocenters. The van der Waals surface area contributed by atoms with Crippen molar-refractivity contribution >= 4 is 0 Å². The van der Waals surface area contributed by atoms with Crippen LogP contribution < -0.4 is 4.74 Å². The molecule has 0 aliphatic rings. The summed E-state index contributed by atoms with van der Waals surface area (Å²) in [7, 11) is 1.62. The maximum Gasteiger partial charge on any atom is 0.121 e. The quantitative estimate of drug-likeness (QED) is 0.891. The first-order valence-electron chi connectivity index (χ1n) is 5.76. The van der Waals surface area contributed by atoms with E-state index in [0.29, 0.717) is 6.42 Å². The highest BCUT2D eigenvalue weighted by molar-refractivity contribution is 5.39. The molecule has 0 amide bonds. The third-order valence-corrected chi connectivity index (χ3v) is 2.53. The number of aliphatic hydroxyl groups is 1. The highest BCUT2D eigenvalue weighted by Gasteiger charge is 2.17. The zero-order valence-electron chi connectivity index (χ0n) is 10.8. The Hall–Kier alpha value is -1.88. The van der Waals surface area contributed by atoms with Crippen molar-refractivity contribution in [2.24, 2.45) is 0 Å². The van der Waals surface area contributed by atoms with Gasteiger partial charge in [0, 0.05) is 12.5 Å². The first kappa shape index (κ1) is 12.6. The van der Waals surface area contributed by atoms with E-state index in [1.54, 1.807) is 31.8 Å². The van der Waals surface area contributed by atoms with Crippen LogP contribution >= 0.6 is 0 Å². The van der Waals surface area contributed by atoms with Gasteiger partial charge in [0.25, 0.3) is 0 Å². The Labute approximate surface area is 106 Å². The molecule has 0 spiro atoms. The van der Waals surface area contributed by atoms with Gasteiger partial charge in [-0.15, -0.1) is 5.10 Å². The van der Waals surface area contributed by atoms with Gasteiger partial charge in [-0.05, 0) is 26.0 Å². The lowest BCUT2D eigenvalue weighted by molar-refractivity contribution is 0.0793. The minimum absolute atomic E-state index is 0.483. The first-order valence-corrected chi connectivity index (χ1v) is 5.76. The van der Waals surface area contributed by atoms with Gasteiger partial charge in [0.1, 0.15) is 5.75 Å². The van der Waals surface area contributed by atoms with Crippen molar-refractivity contribution in [3.05, 3.63) is 36.2 Å². The fourth-order valence-electron chi connectivity index (χ4n) is 1.78. The van der Waals surface area contributed by atoms with Crippen LogP contribution in [0.25, 0.3) is 5.69 Å². The molecule has 2 aromatic rings. The van der Waals surface area contributed by atoms with Gasteiger partial charge in [0.15, 0.2) is 0 Å². The Morgan fingerprint density at radius 2 is 2.17 bits per heavy atom. The largest absolute Gasteiger partial charge is 0.497 e. The van der Waals surface area contributed by atoms with Crippen LogP contribution in [0.5, 0.6) is 5.75 Å². The smallest absolute Gasteiger partial charge is 0.121 e. The molecule has 0 radical (unpaired) electrons. The minimum Gasteiger partial charge on any atom is -0.497 e. The molecular weight excluding hydrogens is 230 g/mol. The van der Waals surface area contributed by atoms with E-state index in [-0.39, 0.29) is 0 Å². The molecule has 0 bridgehead atoms. The fourth-order valence-corrected chi connectivity index (χ4v) is 1.78. The standard InChI is InChI=1S/C13H17N3O2/c1-13(2,17)8-11-9-14-15-16(11)10-5-4-6-12(7-10)18-3/h4-7,9,17H,8H2,1-3H3. The normalized spacial score (nSPS) is 11.6. The number of hydrogen-bond acceptors (Lipinski definition) is 4. The summed E-state index contributed by atoms with van der Waals surface area (Å²) in [5, 5.41) is 17.8. The fraction of sp³-hybridized carbons (Fsp3) is 0.385. The topological polar surface area (TPSA) is 60.2 Å². The Morgan fingerprint density at radius 1 is 1.39 bits per heavy atom. The predicted molar refractivity (Wildman–Crippen MR) is 67.9 cm³/mol. The van der Waals surface area contributed by atoms with E-state index in [0.717, 1.165) is 17.1 Å². The molecule has 5 nitrogen and oxygen atoms in total. The number of aromatic nitrogens is 3. The summed E-state index contributed by atoms with van der Waals surface area (Å²) in [5.74, 6) is 0.761. The molecule has 2 rings (SSSR count). The Kier molecular flexibility index (Phi) is 3.34. The molecule has 0 atom stereocenters. The molecule has 0 saturated carbocycles. The summed E-state index contributed by atoms with van der Waals surface area (Å²) >= 11 is 0. The van der Waals surface area contributed by atoms with E-state index < -0.39 is 5.60 Å². The number of ether oxygens (including phenoxy) is 1. The zero-order chi connectivity index (χ0) is 13.2. The molecule has 0 fully saturated rings. The number of rotatable bonds is 4. The van der Waals surface area contributed by atoms with E-state index >= 15 is 0 Å². The monoisotopic (exact) mass is 247 g/mol. The lowest BCUT2D eigenvalue weighted by Gasteiger charge is -2.17. The van der Waals surface area contributed by atoms with Crippen molar-refractivity contribution in [1.29, 1.82) is 0 Å². The van der Waals surface area contributed by atoms with E-state index in [4.69, 9.17) is 4.74 Å². The molecule has 1 aromatic carbocycles. The van der Waals surface area contributed by atoms with Crippen molar-refractivity contribution < 1.29 is 9.84 Å². The molecule has 18 heavy (non-hydrogen) atoms. The second-order valence-corrected chi connectivity index (χ2v) is 4.83. The summed E-state index contributed by atoms with van der Waals surface area (Å²) in [6, 6.07) is 7.56. The Balaban J connectivity index is 2.36. The van der Waals surface area contributed by atoms with Crippen LogP contribution in [0.1, 0.15) is 19.5 Å². The van der Waals surface area contributed by atoms with E-state index in [2.05, 4.69) is 10.3 Å². The van der Waals surface area contributed by atoms with Crippen LogP contribution in [-0.2, 0) is 6.42 Å². The van der Waals surface area contributed by atoms with Crippen molar-refractivity contribution in [2.45, 2.75) is 25.9 Å². The summed E-state index contributed by atoms with van der Waals surface area (Å²) in [6.07, 6.45) is 2.15. The van der Waals surface area contributed by atoms with Crippen molar-refractivity contribution in [3.8, 4) is 11.4 Å². The Morgan fingerprint density at radius 3 is 2.83 bits per heavy atom. The van der Waals surface area contributed by atoms with E-state index in [1.165, 1.54) is 0 Å². The van der Waals surface area contributed by atoms with Gasteiger partial charge in [0.05, 0.1) is 30.3 Å². The average Bonchev–Trinajstić information content (AvgIpc) is 2.75. The molecule has 1 heterocycles. The van der Waals surface area contributed by atoms with Crippen molar-refractivity contribution in [2.75, 3.05) is 7.11 Å². The lowest BCUT2D eigenvalue weighted by atomic mass is 10.0. The first-order chi connectivity index (χ1) is 8.49. The van der Waals surface area contributed by atoms with Crippen molar-refractivity contribution in [1.82, 2.24) is 15.0 Å². The average molecular weight is 247 g/mol. The summed E-state index contributed by atoms with van der Waals surface area (Å²) in [6.45, 7) is 3.52. The van der Waals surface area contributed by atoms with Crippen LogP contribution in [0.15, 0.2) is 30.5 Å². The highest BCUT2D eigenvalue weighted by Crippen LogP contribution is 2.19. The molecule has 0 aliphatic carbocycles. The Bertz CT molecular complexity index is 529. The lowest BCUT2D eigenvalue weighted by Crippen LogP contribution is -2.23. The SMILES string of the molecule is COc1cccc(-n2nncc2CC(C)(C)O)c1. The minimum atomic E-state index is -0.793. The van der Waals surface area contributed by atoms with Gasteiger partial charge >= 0.3 is 0 Å². The molecule has 1 aromatic heterocycles. The molecule has 96 valence electrons. The summed E-state index contributed by atoms with van der Waals surface area (Å²) < 4.78 is 6.89. The van der Waals surface area contributed by atoms with Gasteiger partial charge in [-0.2, -0.15) is 0 Å². The third kappa shape index (κ3) is 2.87. The zero-order valence-corrected chi connectivity index (χ0v) is 10.8. The van der Waals surface area contributed by atoms with E-state index in [9.17, 15) is 5.11 Å². The molecular formula is C13H17N3O2. The predicted octanol–water partition coefficient (Wildman–Crippen LogP) is 1.59. The van der Waals surface area contributed by atoms with Crippen LogP contribution in [0, 0.1) is 0 Å². The second-order valence-electron chi connectivity index (χ2n) is 4.83. The number of nitrogens with zero attached hydrogens (tertiary/aromatic N) is 3. The number of hydrogen-bond donors (Lipinski definition) is 1. The van der Waals surface area contributed by atoms with Gasteiger partial charge < -0.3 is 9.84 Å². The van der Waals surface area contributed by atoms with Crippen LogP contribution in [0.3, 0.4) is 0 Å². The maximum atomic E-state index is 9.87. The van der Waals surface area contributed by atoms with Gasteiger partial charge in [-0.1, -0.05) is 11.3 Å². The van der Waals surface area contributed by atoms with Gasteiger partial charge in [-0.25, -0.2) is 4.68 Å². The molecule has 5 heteroatoms. The summed E-state index contributed by atoms with van der Waals surface area (Å²) in [5.41, 5.74) is 0.931.